The maximum absolute atomic E-state index is 6.09. The van der Waals surface area contributed by atoms with Gasteiger partial charge in [0.2, 0.25) is 0 Å². The first-order valence-corrected chi connectivity index (χ1v) is 10.5. The van der Waals surface area contributed by atoms with Crippen molar-refractivity contribution in [3.05, 3.63) is 55.7 Å². The minimum atomic E-state index is -0.286. The minimum absolute atomic E-state index is 0.286. The number of hydrogen-bond acceptors (Lipinski definition) is 6. The number of ether oxygens (including phenoxy) is 2. The second kappa shape index (κ2) is 7.75. The number of rotatable bonds is 5. The Morgan fingerprint density at radius 3 is 2.89 bits per heavy atom. The molecule has 3 heterocycles. The van der Waals surface area contributed by atoms with E-state index in [1.807, 2.05) is 40.6 Å². The molecular formula is C18H19BrN4O2S2. The zero-order chi connectivity index (χ0) is 19.0. The molecule has 1 aliphatic heterocycles. The summed E-state index contributed by atoms with van der Waals surface area (Å²) in [6.45, 7) is 1.85. The molecule has 0 radical (unpaired) electrons. The average Bonchev–Trinajstić information content (AvgIpc) is 3.19. The van der Waals surface area contributed by atoms with Crippen molar-refractivity contribution >= 4 is 39.5 Å². The van der Waals surface area contributed by atoms with Gasteiger partial charge >= 0.3 is 0 Å². The summed E-state index contributed by atoms with van der Waals surface area (Å²) in [4.78, 5) is 3.46. The molecule has 0 saturated carbocycles. The molecular weight excluding hydrogens is 448 g/mol. The van der Waals surface area contributed by atoms with Crippen LogP contribution in [0.15, 0.2) is 40.2 Å². The quantitative estimate of drug-likeness (QED) is 0.522. The van der Waals surface area contributed by atoms with Crippen molar-refractivity contribution in [2.45, 2.75) is 19.3 Å². The highest BCUT2D eigenvalue weighted by Crippen LogP contribution is 2.35. The van der Waals surface area contributed by atoms with E-state index in [0.29, 0.717) is 18.0 Å². The molecule has 1 atom stereocenters. The van der Waals surface area contributed by atoms with Crippen LogP contribution in [0, 0.1) is 4.77 Å². The van der Waals surface area contributed by atoms with Crippen LogP contribution < -0.4 is 9.47 Å². The predicted octanol–water partition coefficient (Wildman–Crippen LogP) is 4.38. The summed E-state index contributed by atoms with van der Waals surface area (Å²) in [6.07, 6.45) is -0.286. The van der Waals surface area contributed by atoms with E-state index < -0.39 is 0 Å². The van der Waals surface area contributed by atoms with Crippen molar-refractivity contribution in [3.63, 3.8) is 0 Å². The number of hydrogen-bond donors (Lipinski definition) is 0. The molecule has 2 aromatic heterocycles. The van der Waals surface area contributed by atoms with Crippen LogP contribution in [0.1, 0.15) is 16.8 Å². The lowest BCUT2D eigenvalue weighted by atomic mass is 10.2. The molecule has 3 aromatic rings. The van der Waals surface area contributed by atoms with Gasteiger partial charge in [-0.05, 0) is 53.4 Å². The highest BCUT2D eigenvalue weighted by molar-refractivity contribution is 9.10. The fraction of sp³-hybridized carbons (Fsp3) is 0.333. The van der Waals surface area contributed by atoms with E-state index in [9.17, 15) is 0 Å². The van der Waals surface area contributed by atoms with Gasteiger partial charge in [-0.15, -0.1) is 11.3 Å². The lowest BCUT2D eigenvalue weighted by Crippen LogP contribution is -2.25. The number of benzene rings is 1. The topological polar surface area (TPSA) is 44.5 Å². The van der Waals surface area contributed by atoms with Crippen molar-refractivity contribution in [1.82, 2.24) is 19.2 Å². The van der Waals surface area contributed by atoms with Gasteiger partial charge in [0.1, 0.15) is 6.61 Å². The third-order valence-electron chi connectivity index (χ3n) is 4.29. The zero-order valence-corrected chi connectivity index (χ0v) is 18.2. The van der Waals surface area contributed by atoms with E-state index in [1.54, 1.807) is 11.3 Å². The van der Waals surface area contributed by atoms with Crippen LogP contribution in [-0.2, 0) is 20.3 Å². The van der Waals surface area contributed by atoms with Crippen LogP contribution in [-0.4, -0.2) is 32.9 Å². The van der Waals surface area contributed by atoms with Crippen LogP contribution in [0.3, 0.4) is 0 Å². The fourth-order valence-electron chi connectivity index (χ4n) is 3.01. The molecule has 4 rings (SSSR count). The van der Waals surface area contributed by atoms with Gasteiger partial charge in [0.25, 0.3) is 0 Å². The summed E-state index contributed by atoms with van der Waals surface area (Å²) in [6, 6.07) is 9.80. The highest BCUT2D eigenvalue weighted by atomic mass is 79.9. The first-order valence-electron chi connectivity index (χ1n) is 8.45. The van der Waals surface area contributed by atoms with Gasteiger partial charge in [-0.3, -0.25) is 4.90 Å². The molecule has 27 heavy (non-hydrogen) atoms. The molecule has 0 fully saturated rings. The first kappa shape index (κ1) is 18.7. The molecule has 1 aromatic carbocycles. The maximum atomic E-state index is 6.09. The van der Waals surface area contributed by atoms with Crippen LogP contribution in [0.2, 0.25) is 0 Å². The lowest BCUT2D eigenvalue weighted by Gasteiger charge is -2.25. The number of thiophene rings is 1. The average molecular weight is 467 g/mol. The summed E-state index contributed by atoms with van der Waals surface area (Å²) in [5, 5.41) is 6.80. The third-order valence-corrected chi connectivity index (χ3v) is 6.46. The van der Waals surface area contributed by atoms with Crippen molar-refractivity contribution in [2.24, 2.45) is 7.05 Å². The minimum Gasteiger partial charge on any atom is -0.485 e. The maximum Gasteiger partial charge on any atom is 0.198 e. The number of fused-ring (bicyclic) bond motifs is 1. The number of para-hydroxylation sites is 2. The molecule has 6 nitrogen and oxygen atoms in total. The van der Waals surface area contributed by atoms with E-state index in [4.69, 9.17) is 26.8 Å². The Labute approximate surface area is 175 Å². The van der Waals surface area contributed by atoms with Crippen molar-refractivity contribution in [3.8, 4) is 11.5 Å². The highest BCUT2D eigenvalue weighted by Gasteiger charge is 2.27. The second-order valence-electron chi connectivity index (χ2n) is 6.45. The summed E-state index contributed by atoms with van der Waals surface area (Å²) < 4.78 is 17.4. The molecule has 1 unspecified atom stereocenters. The number of halogens is 1. The van der Waals surface area contributed by atoms with Crippen LogP contribution in [0.5, 0.6) is 11.5 Å². The molecule has 0 N–H and O–H groups in total. The monoisotopic (exact) mass is 466 g/mol. The van der Waals surface area contributed by atoms with Gasteiger partial charge in [0.15, 0.2) is 28.2 Å². The normalized spacial score (nSPS) is 16.1. The summed E-state index contributed by atoms with van der Waals surface area (Å²) in [5.74, 6) is 2.26. The Morgan fingerprint density at radius 2 is 2.15 bits per heavy atom. The Balaban J connectivity index is 1.50. The Morgan fingerprint density at radius 1 is 1.37 bits per heavy atom. The molecule has 142 valence electrons. The van der Waals surface area contributed by atoms with E-state index >= 15 is 0 Å². The standard InChI is InChI=1S/C18H19BrN4O2S2/c1-21(8-13-7-12(19)10-27-13)11-23-18(26)22(2)17(20-23)16-9-24-14-5-3-4-6-15(14)25-16/h3-7,10,16H,8-9,11H2,1-2H3. The van der Waals surface area contributed by atoms with Crippen molar-refractivity contribution in [1.29, 1.82) is 0 Å². The fourth-order valence-corrected chi connectivity index (χ4v) is 4.73. The SMILES string of the molecule is CN(Cc1cc(Br)cs1)Cn1nc(C2COc3ccccc3O2)n(C)c1=S. The number of aromatic nitrogens is 3. The smallest absolute Gasteiger partial charge is 0.198 e. The van der Waals surface area contributed by atoms with E-state index in [2.05, 4.69) is 39.3 Å². The van der Waals surface area contributed by atoms with Crippen LogP contribution in [0.25, 0.3) is 0 Å². The van der Waals surface area contributed by atoms with Gasteiger partial charge in [-0.1, -0.05) is 12.1 Å². The summed E-state index contributed by atoms with van der Waals surface area (Å²) in [7, 11) is 3.97. The molecule has 9 heteroatoms. The van der Waals surface area contributed by atoms with E-state index in [-0.39, 0.29) is 6.10 Å². The predicted molar refractivity (Wildman–Crippen MR) is 111 cm³/mol. The Kier molecular flexibility index (Phi) is 5.36. The lowest BCUT2D eigenvalue weighted by molar-refractivity contribution is 0.0821. The van der Waals surface area contributed by atoms with Gasteiger partial charge in [-0.2, -0.15) is 5.10 Å². The van der Waals surface area contributed by atoms with Crippen LogP contribution >= 0.6 is 39.5 Å². The molecule has 0 amide bonds. The number of nitrogens with zero attached hydrogens (tertiary/aromatic N) is 4. The molecule has 0 saturated heterocycles. The second-order valence-corrected chi connectivity index (χ2v) is 8.73. The largest absolute Gasteiger partial charge is 0.485 e. The van der Waals surface area contributed by atoms with Crippen molar-refractivity contribution in [2.75, 3.05) is 13.7 Å². The molecule has 0 bridgehead atoms. The molecule has 0 spiro atoms. The van der Waals surface area contributed by atoms with E-state index in [0.717, 1.165) is 28.3 Å². The third kappa shape index (κ3) is 3.96. The van der Waals surface area contributed by atoms with Gasteiger partial charge in [0.05, 0.1) is 6.67 Å². The van der Waals surface area contributed by atoms with Crippen molar-refractivity contribution < 1.29 is 9.47 Å². The van der Waals surface area contributed by atoms with Gasteiger partial charge < -0.3 is 14.0 Å². The van der Waals surface area contributed by atoms with Gasteiger partial charge in [0, 0.05) is 28.3 Å². The Hall–Kier alpha value is -1.68. The molecule has 1 aliphatic rings. The first-order chi connectivity index (χ1) is 13.0. The zero-order valence-electron chi connectivity index (χ0n) is 15.0. The van der Waals surface area contributed by atoms with Crippen LogP contribution in [0.4, 0.5) is 0 Å². The van der Waals surface area contributed by atoms with E-state index in [1.165, 1.54) is 4.88 Å². The summed E-state index contributed by atoms with van der Waals surface area (Å²) in [5.41, 5.74) is 0. The molecule has 0 aliphatic carbocycles. The van der Waals surface area contributed by atoms with Gasteiger partial charge in [-0.25, -0.2) is 4.68 Å². The summed E-state index contributed by atoms with van der Waals surface area (Å²) >= 11 is 10.8. The Bertz CT molecular complexity index is 1010.